The second kappa shape index (κ2) is 9.62. The topological polar surface area (TPSA) is 43.8 Å². The first-order valence-corrected chi connectivity index (χ1v) is 13.0. The average molecular weight is 507 g/mol. The van der Waals surface area contributed by atoms with Gasteiger partial charge in [-0.2, -0.15) is 0 Å². The number of fused-ring (bicyclic) bond motifs is 2. The van der Waals surface area contributed by atoms with Crippen molar-refractivity contribution in [1.29, 1.82) is 0 Å². The van der Waals surface area contributed by atoms with Crippen LogP contribution in [0.2, 0.25) is 0 Å². The van der Waals surface area contributed by atoms with Crippen LogP contribution in [0.3, 0.4) is 0 Å². The van der Waals surface area contributed by atoms with Crippen LogP contribution < -0.4 is 4.74 Å². The van der Waals surface area contributed by atoms with E-state index in [9.17, 15) is 0 Å². The van der Waals surface area contributed by atoms with Crippen molar-refractivity contribution in [3.8, 4) is 28.5 Å². The number of methoxy groups -OCH3 is 1. The zero-order valence-electron chi connectivity index (χ0n) is 21.5. The van der Waals surface area contributed by atoms with Crippen LogP contribution in [0.15, 0.2) is 134 Å². The van der Waals surface area contributed by atoms with Crippen LogP contribution in [0, 0.1) is 0 Å². The molecule has 0 N–H and O–H groups in total. The predicted octanol–water partition coefficient (Wildman–Crippen LogP) is 7.50. The van der Waals surface area contributed by atoms with Gasteiger partial charge in [-0.25, -0.2) is 9.97 Å². The Hall–Kier alpha value is -5.16. The van der Waals surface area contributed by atoms with Gasteiger partial charge in [-0.3, -0.25) is 8.80 Å². The Bertz CT molecular complexity index is 1890. The van der Waals surface area contributed by atoms with Crippen molar-refractivity contribution in [1.82, 2.24) is 18.8 Å². The van der Waals surface area contributed by atoms with E-state index in [-0.39, 0.29) is 5.92 Å². The number of aromatic nitrogens is 4. The van der Waals surface area contributed by atoms with Crippen LogP contribution in [-0.2, 0) is 0 Å². The Kier molecular flexibility index (Phi) is 5.67. The third-order valence-corrected chi connectivity index (χ3v) is 7.21. The van der Waals surface area contributed by atoms with Crippen molar-refractivity contribution >= 4 is 11.0 Å². The highest BCUT2D eigenvalue weighted by atomic mass is 16.5. The summed E-state index contributed by atoms with van der Waals surface area (Å²) >= 11 is 0. The maximum atomic E-state index is 5.39. The first kappa shape index (κ1) is 23.0. The molecule has 0 radical (unpaired) electrons. The first-order chi connectivity index (χ1) is 19.3. The van der Waals surface area contributed by atoms with Crippen LogP contribution in [0.25, 0.3) is 33.8 Å². The van der Waals surface area contributed by atoms with Crippen LogP contribution in [0.5, 0.6) is 5.75 Å². The van der Waals surface area contributed by atoms with E-state index in [1.165, 1.54) is 0 Å². The summed E-state index contributed by atoms with van der Waals surface area (Å²) in [7, 11) is 1.68. The van der Waals surface area contributed by atoms with E-state index in [0.29, 0.717) is 0 Å². The van der Waals surface area contributed by atoms with Crippen molar-refractivity contribution < 1.29 is 4.74 Å². The maximum absolute atomic E-state index is 5.39. The number of nitrogens with zero attached hydrogens (tertiary/aromatic N) is 4. The monoisotopic (exact) mass is 506 g/mol. The third-order valence-electron chi connectivity index (χ3n) is 7.21. The van der Waals surface area contributed by atoms with Crippen LogP contribution in [0.4, 0.5) is 0 Å². The van der Waals surface area contributed by atoms with Gasteiger partial charge >= 0.3 is 0 Å². The lowest BCUT2D eigenvalue weighted by Crippen LogP contribution is -2.06. The van der Waals surface area contributed by atoms with Crippen molar-refractivity contribution in [2.75, 3.05) is 7.11 Å². The molecule has 4 heterocycles. The van der Waals surface area contributed by atoms with Crippen molar-refractivity contribution in [2.24, 2.45) is 0 Å². The quantitative estimate of drug-likeness (QED) is 0.234. The Morgan fingerprint density at radius 3 is 1.56 bits per heavy atom. The number of imidazole rings is 2. The molecule has 188 valence electrons. The minimum Gasteiger partial charge on any atom is -0.497 e. The zero-order chi connectivity index (χ0) is 26.2. The van der Waals surface area contributed by atoms with Gasteiger partial charge < -0.3 is 4.74 Å². The molecule has 5 heteroatoms. The minimum atomic E-state index is -0.175. The van der Waals surface area contributed by atoms with E-state index in [1.807, 2.05) is 24.3 Å². The SMILES string of the molecule is COc1ccc(-c2nc(C(c3ccccc3)c3nc(-c4ccccc4)n4ccccc34)c3ccccn23)cc1. The number of benzene rings is 3. The van der Waals surface area contributed by atoms with E-state index in [2.05, 4.69) is 118 Å². The van der Waals surface area contributed by atoms with Gasteiger partial charge in [0.25, 0.3) is 0 Å². The third kappa shape index (κ3) is 3.96. The molecular formula is C34H26N4O. The van der Waals surface area contributed by atoms with Gasteiger partial charge in [0.2, 0.25) is 0 Å². The highest BCUT2D eigenvalue weighted by Gasteiger charge is 2.29. The molecule has 5 nitrogen and oxygen atoms in total. The number of hydrogen-bond acceptors (Lipinski definition) is 3. The first-order valence-electron chi connectivity index (χ1n) is 13.0. The fraction of sp³-hybridized carbons (Fsp3) is 0.0588. The molecule has 0 fully saturated rings. The summed E-state index contributed by atoms with van der Waals surface area (Å²) in [5.74, 6) is 2.45. The molecule has 0 amide bonds. The summed E-state index contributed by atoms with van der Waals surface area (Å²) in [5.41, 5.74) is 7.30. The normalized spacial score (nSPS) is 12.1. The molecule has 1 unspecified atom stereocenters. The summed E-state index contributed by atoms with van der Waals surface area (Å²) in [4.78, 5) is 10.7. The Morgan fingerprint density at radius 2 is 1.03 bits per heavy atom. The summed E-state index contributed by atoms with van der Waals surface area (Å²) in [6.45, 7) is 0. The van der Waals surface area contributed by atoms with Gasteiger partial charge in [0.1, 0.15) is 17.4 Å². The lowest BCUT2D eigenvalue weighted by molar-refractivity contribution is 0.415. The number of hydrogen-bond donors (Lipinski definition) is 0. The summed E-state index contributed by atoms with van der Waals surface area (Å²) in [6.07, 6.45) is 4.17. The summed E-state index contributed by atoms with van der Waals surface area (Å²) in [6, 6.07) is 41.5. The molecule has 0 aliphatic heterocycles. The molecule has 0 spiro atoms. The fourth-order valence-electron chi connectivity index (χ4n) is 5.37. The van der Waals surface area contributed by atoms with Crippen LogP contribution in [-0.4, -0.2) is 25.9 Å². The average Bonchev–Trinajstić information content (AvgIpc) is 3.58. The molecular weight excluding hydrogens is 480 g/mol. The molecule has 0 saturated heterocycles. The molecule has 3 aromatic carbocycles. The van der Waals surface area contributed by atoms with E-state index in [0.717, 1.165) is 56.5 Å². The Balaban J connectivity index is 1.51. The second-order valence-electron chi connectivity index (χ2n) is 9.49. The number of ether oxygens (including phenoxy) is 1. The van der Waals surface area contributed by atoms with Crippen molar-refractivity contribution in [3.05, 3.63) is 151 Å². The summed E-state index contributed by atoms with van der Waals surface area (Å²) in [5, 5.41) is 0. The van der Waals surface area contributed by atoms with Crippen LogP contribution in [0.1, 0.15) is 22.9 Å². The van der Waals surface area contributed by atoms with Gasteiger partial charge in [0.05, 0.1) is 35.4 Å². The van der Waals surface area contributed by atoms with Gasteiger partial charge in [0.15, 0.2) is 0 Å². The van der Waals surface area contributed by atoms with Gasteiger partial charge in [-0.15, -0.1) is 0 Å². The molecule has 1 atom stereocenters. The molecule has 0 aliphatic carbocycles. The molecule has 4 aromatic heterocycles. The highest BCUT2D eigenvalue weighted by molar-refractivity contribution is 5.73. The van der Waals surface area contributed by atoms with Gasteiger partial charge in [0, 0.05) is 23.5 Å². The minimum absolute atomic E-state index is 0.175. The molecule has 39 heavy (non-hydrogen) atoms. The number of rotatable bonds is 6. The Morgan fingerprint density at radius 1 is 0.538 bits per heavy atom. The van der Waals surface area contributed by atoms with E-state index in [4.69, 9.17) is 14.7 Å². The van der Waals surface area contributed by atoms with Gasteiger partial charge in [-0.05, 0) is 54.1 Å². The predicted molar refractivity (Wildman–Crippen MR) is 155 cm³/mol. The lowest BCUT2D eigenvalue weighted by atomic mass is 9.91. The molecule has 7 rings (SSSR count). The molecule has 0 bridgehead atoms. The van der Waals surface area contributed by atoms with E-state index < -0.39 is 0 Å². The molecule has 0 aliphatic rings. The molecule has 7 aromatic rings. The molecule has 0 saturated carbocycles. The number of pyridine rings is 2. The smallest absolute Gasteiger partial charge is 0.144 e. The van der Waals surface area contributed by atoms with Crippen molar-refractivity contribution in [3.63, 3.8) is 0 Å². The zero-order valence-corrected chi connectivity index (χ0v) is 21.5. The van der Waals surface area contributed by atoms with E-state index >= 15 is 0 Å². The largest absolute Gasteiger partial charge is 0.497 e. The van der Waals surface area contributed by atoms with Gasteiger partial charge in [-0.1, -0.05) is 72.8 Å². The lowest BCUT2D eigenvalue weighted by Gasteiger charge is -2.15. The maximum Gasteiger partial charge on any atom is 0.144 e. The van der Waals surface area contributed by atoms with Crippen molar-refractivity contribution in [2.45, 2.75) is 5.92 Å². The summed E-state index contributed by atoms with van der Waals surface area (Å²) < 4.78 is 9.75. The second-order valence-corrected chi connectivity index (χ2v) is 9.49. The highest BCUT2D eigenvalue weighted by Crippen LogP contribution is 2.39. The standard InChI is InChI=1S/C34H26N4O/c1-39-27-20-18-26(19-21-27)34-36-32(29-17-9-11-23-38(29)34)30(24-12-4-2-5-13-24)31-28-16-8-10-22-37(28)33(35-31)25-14-6-3-7-15-25/h2-23,30H,1H3. The van der Waals surface area contributed by atoms with Crippen LogP contribution >= 0.6 is 0 Å². The Labute approximate surface area is 226 Å². The fourth-order valence-corrected chi connectivity index (χ4v) is 5.37. The van der Waals surface area contributed by atoms with E-state index in [1.54, 1.807) is 7.11 Å².